The van der Waals surface area contributed by atoms with Crippen molar-refractivity contribution in [2.75, 3.05) is 19.4 Å². The summed E-state index contributed by atoms with van der Waals surface area (Å²) in [6.07, 6.45) is 0. The number of carbonyl (C=O) groups is 1. The molecule has 0 fully saturated rings. The second-order valence-corrected chi connectivity index (χ2v) is 7.22. The molecular weight excluding hydrogens is 374 g/mol. The van der Waals surface area contributed by atoms with Crippen LogP contribution in [0.5, 0.6) is 5.75 Å². The highest BCUT2D eigenvalue weighted by Gasteiger charge is 2.15. The highest BCUT2D eigenvalue weighted by atomic mass is 32.2. The second-order valence-electron chi connectivity index (χ2n) is 6.28. The molecule has 1 amide bonds. The van der Waals surface area contributed by atoms with Crippen LogP contribution in [0.1, 0.15) is 18.1 Å². The van der Waals surface area contributed by atoms with E-state index in [4.69, 9.17) is 4.74 Å². The van der Waals surface area contributed by atoms with Crippen molar-refractivity contribution in [3.05, 3.63) is 59.7 Å². The lowest BCUT2D eigenvalue weighted by Gasteiger charge is -2.17. The molecule has 0 saturated carbocycles. The Morgan fingerprint density at radius 2 is 1.93 bits per heavy atom. The number of benzene rings is 2. The first-order valence-corrected chi connectivity index (χ1v) is 10.00. The van der Waals surface area contributed by atoms with Crippen LogP contribution in [0.2, 0.25) is 0 Å². The van der Waals surface area contributed by atoms with Crippen LogP contribution in [0.3, 0.4) is 0 Å². The number of para-hydroxylation sites is 1. The van der Waals surface area contributed by atoms with E-state index in [2.05, 4.69) is 15.5 Å². The number of aryl methyl sites for hydroxylation is 1. The molecule has 0 aliphatic carbocycles. The zero-order valence-electron chi connectivity index (χ0n) is 16.2. The Labute approximate surface area is 168 Å². The molecule has 0 radical (unpaired) electrons. The van der Waals surface area contributed by atoms with Crippen molar-refractivity contribution in [3.63, 3.8) is 0 Å². The summed E-state index contributed by atoms with van der Waals surface area (Å²) in [5, 5.41) is 12.5. The van der Waals surface area contributed by atoms with Gasteiger partial charge in [-0.1, -0.05) is 42.1 Å². The van der Waals surface area contributed by atoms with Crippen molar-refractivity contribution in [2.24, 2.45) is 0 Å². The fourth-order valence-electron chi connectivity index (χ4n) is 2.68. The van der Waals surface area contributed by atoms with Crippen molar-refractivity contribution in [1.29, 1.82) is 0 Å². The molecule has 1 aromatic heterocycles. The van der Waals surface area contributed by atoms with E-state index in [1.807, 2.05) is 62.4 Å². The van der Waals surface area contributed by atoms with E-state index in [9.17, 15) is 4.79 Å². The molecule has 0 saturated heterocycles. The summed E-state index contributed by atoms with van der Waals surface area (Å²) in [5.74, 6) is 1.11. The van der Waals surface area contributed by atoms with Crippen LogP contribution >= 0.6 is 11.8 Å². The Bertz CT molecular complexity index is 926. The van der Waals surface area contributed by atoms with Crippen molar-refractivity contribution >= 4 is 17.7 Å². The molecule has 8 heteroatoms. The molecule has 0 N–H and O–H groups in total. The molecule has 3 rings (SSSR count). The minimum Gasteiger partial charge on any atom is -0.494 e. The Kier molecular flexibility index (Phi) is 6.65. The zero-order valence-corrected chi connectivity index (χ0v) is 17.0. The first-order valence-electron chi connectivity index (χ1n) is 9.01. The second kappa shape index (κ2) is 9.36. The number of amides is 1. The normalized spacial score (nSPS) is 10.7. The molecule has 146 valence electrons. The third-order valence-electron chi connectivity index (χ3n) is 4.19. The SMILES string of the molecule is CCOc1ccc(CN(C)C(=O)CSc2nnnn2-c2ccccc2C)cc1. The number of rotatable bonds is 8. The first kappa shape index (κ1) is 19.9. The average Bonchev–Trinajstić information content (AvgIpc) is 3.16. The fraction of sp³-hybridized carbons (Fsp3) is 0.300. The van der Waals surface area contributed by atoms with Gasteiger partial charge >= 0.3 is 0 Å². The minimum absolute atomic E-state index is 0.0122. The lowest BCUT2D eigenvalue weighted by atomic mass is 10.2. The summed E-state index contributed by atoms with van der Waals surface area (Å²) < 4.78 is 7.11. The van der Waals surface area contributed by atoms with E-state index in [1.165, 1.54) is 11.8 Å². The number of nitrogens with zero attached hydrogens (tertiary/aromatic N) is 5. The molecule has 0 spiro atoms. The summed E-state index contributed by atoms with van der Waals surface area (Å²) >= 11 is 1.33. The molecular formula is C20H23N5O2S. The van der Waals surface area contributed by atoms with Gasteiger partial charge < -0.3 is 9.64 Å². The molecule has 0 aliphatic heterocycles. The monoisotopic (exact) mass is 397 g/mol. The standard InChI is InChI=1S/C20H23N5O2S/c1-4-27-17-11-9-16(10-12-17)13-24(3)19(26)14-28-20-21-22-23-25(20)18-8-6-5-7-15(18)2/h5-12H,4,13-14H2,1-3H3. The number of aromatic nitrogens is 4. The fourth-order valence-corrected chi connectivity index (χ4v) is 3.50. The molecule has 28 heavy (non-hydrogen) atoms. The summed E-state index contributed by atoms with van der Waals surface area (Å²) in [4.78, 5) is 14.2. The van der Waals surface area contributed by atoms with Crippen molar-refractivity contribution in [1.82, 2.24) is 25.1 Å². The van der Waals surface area contributed by atoms with E-state index in [0.29, 0.717) is 18.3 Å². The van der Waals surface area contributed by atoms with E-state index in [-0.39, 0.29) is 11.7 Å². The molecule has 0 atom stereocenters. The Balaban J connectivity index is 1.58. The van der Waals surface area contributed by atoms with Gasteiger partial charge in [0, 0.05) is 13.6 Å². The maximum Gasteiger partial charge on any atom is 0.233 e. The van der Waals surface area contributed by atoms with Gasteiger partial charge in [0.05, 0.1) is 18.0 Å². The van der Waals surface area contributed by atoms with Gasteiger partial charge in [0.1, 0.15) is 5.75 Å². The lowest BCUT2D eigenvalue weighted by Crippen LogP contribution is -2.27. The molecule has 2 aromatic carbocycles. The quantitative estimate of drug-likeness (QED) is 0.544. The van der Waals surface area contributed by atoms with Crippen LogP contribution in [0.4, 0.5) is 0 Å². The Hall–Kier alpha value is -2.87. The molecule has 0 aliphatic rings. The summed E-state index contributed by atoms with van der Waals surface area (Å²) in [5.41, 5.74) is 3.02. The van der Waals surface area contributed by atoms with E-state index < -0.39 is 0 Å². The van der Waals surface area contributed by atoms with Crippen LogP contribution in [0, 0.1) is 6.92 Å². The van der Waals surface area contributed by atoms with Crippen LogP contribution in [0.15, 0.2) is 53.7 Å². The van der Waals surface area contributed by atoms with Crippen molar-refractivity contribution in [3.8, 4) is 11.4 Å². The van der Waals surface area contributed by atoms with Crippen LogP contribution in [-0.4, -0.2) is 50.4 Å². The largest absolute Gasteiger partial charge is 0.494 e. The van der Waals surface area contributed by atoms with Crippen LogP contribution in [-0.2, 0) is 11.3 Å². The van der Waals surface area contributed by atoms with Crippen LogP contribution in [0.25, 0.3) is 5.69 Å². The third-order valence-corrected chi connectivity index (χ3v) is 5.09. The number of tetrazole rings is 1. The summed E-state index contributed by atoms with van der Waals surface area (Å²) in [7, 11) is 1.80. The molecule has 3 aromatic rings. The summed E-state index contributed by atoms with van der Waals surface area (Å²) in [6.45, 7) is 5.13. The predicted molar refractivity (Wildman–Crippen MR) is 109 cm³/mol. The summed E-state index contributed by atoms with van der Waals surface area (Å²) in [6, 6.07) is 15.6. The van der Waals surface area contributed by atoms with E-state index in [1.54, 1.807) is 16.6 Å². The molecule has 0 bridgehead atoms. The van der Waals surface area contributed by atoms with Gasteiger partial charge in [-0.25, -0.2) is 0 Å². The maximum absolute atomic E-state index is 12.5. The van der Waals surface area contributed by atoms with Crippen molar-refractivity contribution < 1.29 is 9.53 Å². The van der Waals surface area contributed by atoms with E-state index >= 15 is 0 Å². The van der Waals surface area contributed by atoms with E-state index in [0.717, 1.165) is 22.6 Å². The van der Waals surface area contributed by atoms with Gasteiger partial charge in [-0.2, -0.15) is 4.68 Å². The molecule has 0 unspecified atom stereocenters. The topological polar surface area (TPSA) is 73.1 Å². The van der Waals surface area contributed by atoms with Gasteiger partial charge in [0.15, 0.2) is 0 Å². The molecule has 7 nitrogen and oxygen atoms in total. The lowest BCUT2D eigenvalue weighted by molar-refractivity contribution is -0.127. The smallest absolute Gasteiger partial charge is 0.233 e. The number of hydrogen-bond donors (Lipinski definition) is 0. The zero-order chi connectivity index (χ0) is 19.9. The molecule has 1 heterocycles. The van der Waals surface area contributed by atoms with Gasteiger partial charge in [-0.15, -0.1) is 5.10 Å². The Morgan fingerprint density at radius 3 is 2.64 bits per heavy atom. The highest BCUT2D eigenvalue weighted by molar-refractivity contribution is 7.99. The van der Waals surface area contributed by atoms with Gasteiger partial charge in [0.25, 0.3) is 0 Å². The first-order chi connectivity index (χ1) is 13.6. The van der Waals surface area contributed by atoms with Gasteiger partial charge in [0.2, 0.25) is 11.1 Å². The third kappa shape index (κ3) is 4.89. The van der Waals surface area contributed by atoms with Crippen molar-refractivity contribution in [2.45, 2.75) is 25.5 Å². The minimum atomic E-state index is 0.0122. The Morgan fingerprint density at radius 1 is 1.18 bits per heavy atom. The van der Waals surface area contributed by atoms with Gasteiger partial charge in [-0.3, -0.25) is 4.79 Å². The van der Waals surface area contributed by atoms with Gasteiger partial charge in [-0.05, 0) is 53.6 Å². The number of ether oxygens (including phenoxy) is 1. The number of hydrogen-bond acceptors (Lipinski definition) is 6. The highest BCUT2D eigenvalue weighted by Crippen LogP contribution is 2.21. The average molecular weight is 398 g/mol. The number of thioether (sulfide) groups is 1. The van der Waals surface area contributed by atoms with Crippen LogP contribution < -0.4 is 4.74 Å². The maximum atomic E-state index is 12.5. The predicted octanol–water partition coefficient (Wildman–Crippen LogP) is 3.12. The number of carbonyl (C=O) groups excluding carboxylic acids is 1.